The van der Waals surface area contributed by atoms with Gasteiger partial charge in [0.15, 0.2) is 0 Å². The third-order valence-electron chi connectivity index (χ3n) is 2.17. The molecule has 1 heterocycles. The Kier molecular flexibility index (Phi) is 2.12. The van der Waals surface area contributed by atoms with E-state index in [1.807, 2.05) is 0 Å². The summed E-state index contributed by atoms with van der Waals surface area (Å²) in [6, 6.07) is 0. The van der Waals surface area contributed by atoms with Crippen molar-refractivity contribution in [3.63, 3.8) is 0 Å². The molecule has 0 spiro atoms. The zero-order chi connectivity index (χ0) is 11.4. The Morgan fingerprint density at radius 2 is 1.57 bits per heavy atom. The van der Waals surface area contributed by atoms with Gasteiger partial charge in [0.1, 0.15) is 0 Å². The van der Waals surface area contributed by atoms with E-state index in [-0.39, 0.29) is 6.92 Å². The van der Waals surface area contributed by atoms with Crippen LogP contribution in [0.1, 0.15) is 13.8 Å². The second kappa shape index (κ2) is 2.56. The van der Waals surface area contributed by atoms with Gasteiger partial charge in [-0.1, -0.05) is 0 Å². The van der Waals surface area contributed by atoms with Crippen LogP contribution in [-0.4, -0.2) is 30.0 Å². The molecule has 0 amide bonds. The van der Waals surface area contributed by atoms with E-state index < -0.39 is 30.0 Å². The van der Waals surface area contributed by atoms with Gasteiger partial charge in [0.05, 0.1) is 6.61 Å². The van der Waals surface area contributed by atoms with Crippen LogP contribution < -0.4 is 0 Å². The summed E-state index contributed by atoms with van der Waals surface area (Å²) in [5, 5.41) is 0. The number of hydrogen-bond acceptors (Lipinski definition) is 1. The Bertz CT molecular complexity index is 245. The number of hydrogen-bond donors (Lipinski definition) is 0. The molecule has 1 nitrogen and oxygen atoms in total. The van der Waals surface area contributed by atoms with E-state index in [1.165, 1.54) is 0 Å². The molecular weight excluding hydrogens is 214 g/mol. The van der Waals surface area contributed by atoms with Crippen LogP contribution in [0.4, 0.5) is 26.3 Å². The maximum absolute atomic E-state index is 13.1. The summed E-state index contributed by atoms with van der Waals surface area (Å²) in [5.74, 6) is -13.9. The molecule has 7 heteroatoms. The number of alkyl halides is 6. The molecule has 14 heavy (non-hydrogen) atoms. The molecule has 0 aromatic rings. The van der Waals surface area contributed by atoms with Gasteiger partial charge in [-0.25, -0.2) is 13.2 Å². The quantitative estimate of drug-likeness (QED) is 0.620. The molecule has 0 radical (unpaired) electrons. The van der Waals surface area contributed by atoms with Gasteiger partial charge in [-0.05, 0) is 6.92 Å². The molecule has 2 unspecified atom stereocenters. The predicted octanol–water partition coefficient (Wildman–Crippen LogP) is 2.70. The number of rotatable bonds is 1. The fourth-order valence-electron chi connectivity index (χ4n) is 1.15. The van der Waals surface area contributed by atoms with Crippen LogP contribution in [0.25, 0.3) is 0 Å². The van der Waals surface area contributed by atoms with Crippen molar-refractivity contribution in [1.29, 1.82) is 0 Å². The van der Waals surface area contributed by atoms with Crippen molar-refractivity contribution in [3.8, 4) is 0 Å². The second-order valence-corrected chi connectivity index (χ2v) is 3.54. The van der Waals surface area contributed by atoms with Crippen LogP contribution in [0.15, 0.2) is 0 Å². The fraction of sp³-hybridized carbons (Fsp3) is 1.00. The lowest BCUT2D eigenvalue weighted by molar-refractivity contribution is -0.329. The molecule has 1 aliphatic heterocycles. The molecule has 1 saturated heterocycles. The van der Waals surface area contributed by atoms with E-state index in [0.29, 0.717) is 6.92 Å². The SMILES string of the molecule is CC(F)(F)C1(F)OCC(C)(F)C1(F)F. The molecule has 1 fully saturated rings. The molecule has 0 saturated carbocycles. The predicted molar refractivity (Wildman–Crippen MR) is 34.9 cm³/mol. The lowest BCUT2D eigenvalue weighted by Gasteiger charge is -2.32. The average Bonchev–Trinajstić information content (AvgIpc) is 2.10. The molecule has 0 aliphatic carbocycles. The second-order valence-electron chi connectivity index (χ2n) is 3.54. The minimum absolute atomic E-state index is 0.0810. The van der Waals surface area contributed by atoms with E-state index in [4.69, 9.17) is 0 Å². The van der Waals surface area contributed by atoms with Gasteiger partial charge < -0.3 is 4.74 Å². The van der Waals surface area contributed by atoms with Crippen molar-refractivity contribution >= 4 is 0 Å². The summed E-state index contributed by atoms with van der Waals surface area (Å²) in [6.07, 6.45) is 0. The largest absolute Gasteiger partial charge is 0.346 e. The van der Waals surface area contributed by atoms with Crippen LogP contribution in [-0.2, 0) is 4.74 Å². The first-order valence-electron chi connectivity index (χ1n) is 3.73. The Balaban J connectivity index is 3.18. The summed E-state index contributed by atoms with van der Waals surface area (Å²) in [4.78, 5) is 0. The Labute approximate surface area is 76.0 Å². The molecule has 1 rings (SSSR count). The highest BCUT2D eigenvalue weighted by molar-refractivity contribution is 5.10. The van der Waals surface area contributed by atoms with E-state index in [0.717, 1.165) is 0 Å². The average molecular weight is 222 g/mol. The van der Waals surface area contributed by atoms with E-state index in [9.17, 15) is 26.3 Å². The van der Waals surface area contributed by atoms with Gasteiger partial charge in [-0.15, -0.1) is 0 Å². The van der Waals surface area contributed by atoms with Crippen molar-refractivity contribution in [2.75, 3.05) is 6.61 Å². The zero-order valence-corrected chi connectivity index (χ0v) is 7.38. The maximum Gasteiger partial charge on any atom is 0.346 e. The minimum atomic E-state index is -4.88. The highest BCUT2D eigenvalue weighted by atomic mass is 19.3. The first-order chi connectivity index (χ1) is 5.96. The Hall–Kier alpha value is -0.460. The van der Waals surface area contributed by atoms with Gasteiger partial charge >= 0.3 is 17.7 Å². The highest BCUT2D eigenvalue weighted by Crippen LogP contribution is 2.56. The smallest absolute Gasteiger partial charge is 0.333 e. The monoisotopic (exact) mass is 222 g/mol. The molecule has 84 valence electrons. The summed E-state index contributed by atoms with van der Waals surface area (Å²) in [6.45, 7) is -1.16. The van der Waals surface area contributed by atoms with Crippen molar-refractivity contribution < 1.29 is 31.1 Å². The zero-order valence-electron chi connectivity index (χ0n) is 7.38. The number of halogens is 6. The standard InChI is InChI=1S/C7H8F6O/c1-4(8)3-14-7(13,5(2,9)10)6(4,11)12/h3H2,1-2H3. The first-order valence-corrected chi connectivity index (χ1v) is 3.73. The third-order valence-corrected chi connectivity index (χ3v) is 2.17. The normalized spacial score (nSPS) is 42.9. The molecule has 0 aromatic heterocycles. The fourth-order valence-corrected chi connectivity index (χ4v) is 1.15. The molecule has 2 atom stereocenters. The summed E-state index contributed by atoms with van der Waals surface area (Å²) in [5.41, 5.74) is -3.43. The van der Waals surface area contributed by atoms with Crippen molar-refractivity contribution in [2.45, 2.75) is 37.2 Å². The van der Waals surface area contributed by atoms with E-state index in [1.54, 1.807) is 0 Å². The third kappa shape index (κ3) is 1.14. The van der Waals surface area contributed by atoms with E-state index >= 15 is 0 Å². The van der Waals surface area contributed by atoms with Crippen molar-refractivity contribution in [3.05, 3.63) is 0 Å². The van der Waals surface area contributed by atoms with Crippen LogP contribution >= 0.6 is 0 Å². The lowest BCUT2D eigenvalue weighted by atomic mass is 9.94. The molecule has 1 aliphatic rings. The topological polar surface area (TPSA) is 9.23 Å². The Morgan fingerprint density at radius 1 is 1.14 bits per heavy atom. The van der Waals surface area contributed by atoms with Gasteiger partial charge in [0.25, 0.3) is 0 Å². The van der Waals surface area contributed by atoms with E-state index in [2.05, 4.69) is 4.74 Å². The van der Waals surface area contributed by atoms with Gasteiger partial charge in [0, 0.05) is 6.92 Å². The Morgan fingerprint density at radius 3 is 1.71 bits per heavy atom. The highest BCUT2D eigenvalue weighted by Gasteiger charge is 2.80. The summed E-state index contributed by atoms with van der Waals surface area (Å²) in [7, 11) is 0. The first kappa shape index (κ1) is 11.6. The lowest BCUT2D eigenvalue weighted by Crippen LogP contribution is -2.58. The maximum atomic E-state index is 13.1. The van der Waals surface area contributed by atoms with Gasteiger partial charge in [-0.3, -0.25) is 0 Å². The van der Waals surface area contributed by atoms with Gasteiger partial charge in [0.2, 0.25) is 5.67 Å². The van der Waals surface area contributed by atoms with Crippen LogP contribution in [0.2, 0.25) is 0 Å². The molecular formula is C7H8F6O. The molecule has 0 aromatic carbocycles. The summed E-state index contributed by atoms with van der Waals surface area (Å²) < 4.78 is 80.5. The van der Waals surface area contributed by atoms with Crippen LogP contribution in [0.3, 0.4) is 0 Å². The minimum Gasteiger partial charge on any atom is -0.333 e. The van der Waals surface area contributed by atoms with Crippen molar-refractivity contribution in [2.24, 2.45) is 0 Å². The summed E-state index contributed by atoms with van der Waals surface area (Å²) >= 11 is 0. The van der Waals surface area contributed by atoms with Crippen LogP contribution in [0, 0.1) is 0 Å². The number of ether oxygens (including phenoxy) is 1. The molecule has 0 bridgehead atoms. The van der Waals surface area contributed by atoms with Crippen LogP contribution in [0.5, 0.6) is 0 Å². The molecule has 0 N–H and O–H groups in total. The van der Waals surface area contributed by atoms with Gasteiger partial charge in [-0.2, -0.15) is 13.2 Å². The van der Waals surface area contributed by atoms with Crippen molar-refractivity contribution in [1.82, 2.24) is 0 Å².